The number of aryl methyl sites for hydroxylation is 2. The molecule has 0 aromatic carbocycles. The van der Waals surface area contributed by atoms with Crippen LogP contribution in [0.3, 0.4) is 0 Å². The average Bonchev–Trinajstić information content (AvgIpc) is 2.45. The van der Waals surface area contributed by atoms with Gasteiger partial charge in [0.25, 0.3) is 0 Å². The van der Waals surface area contributed by atoms with Gasteiger partial charge in [-0.15, -0.1) is 0 Å². The average molecular weight is 189 g/mol. The van der Waals surface area contributed by atoms with E-state index in [2.05, 4.69) is 15.1 Å². The van der Waals surface area contributed by atoms with E-state index in [1.165, 1.54) is 0 Å². The van der Waals surface area contributed by atoms with Gasteiger partial charge in [-0.25, -0.2) is 9.67 Å². The van der Waals surface area contributed by atoms with Gasteiger partial charge >= 0.3 is 0 Å². The van der Waals surface area contributed by atoms with Crippen molar-refractivity contribution in [2.24, 2.45) is 0 Å². The number of hydrogen-bond acceptors (Lipinski definition) is 4. The van der Waals surface area contributed by atoms with Crippen molar-refractivity contribution in [2.45, 2.75) is 13.8 Å². The molecule has 2 aromatic heterocycles. The van der Waals surface area contributed by atoms with Gasteiger partial charge in [0.2, 0.25) is 0 Å². The molecule has 2 aromatic rings. The summed E-state index contributed by atoms with van der Waals surface area (Å²) in [7, 11) is 0. The van der Waals surface area contributed by atoms with Crippen LogP contribution in [0.15, 0.2) is 18.5 Å². The van der Waals surface area contributed by atoms with Crippen molar-refractivity contribution in [3.63, 3.8) is 0 Å². The molecule has 0 amide bonds. The third-order valence-corrected chi connectivity index (χ3v) is 1.86. The fraction of sp³-hybridized carbons (Fsp3) is 0.222. The van der Waals surface area contributed by atoms with Crippen molar-refractivity contribution in [2.75, 3.05) is 5.73 Å². The summed E-state index contributed by atoms with van der Waals surface area (Å²) in [5.74, 6) is 1.57. The zero-order chi connectivity index (χ0) is 10.1. The van der Waals surface area contributed by atoms with Gasteiger partial charge in [0.05, 0.1) is 17.6 Å². The minimum Gasteiger partial charge on any atom is -0.397 e. The molecule has 5 heteroatoms. The van der Waals surface area contributed by atoms with Crippen LogP contribution in [0, 0.1) is 13.8 Å². The molecule has 0 saturated heterocycles. The second-order valence-corrected chi connectivity index (χ2v) is 3.09. The Bertz CT molecular complexity index is 460. The van der Waals surface area contributed by atoms with E-state index in [9.17, 15) is 0 Å². The third-order valence-electron chi connectivity index (χ3n) is 1.86. The summed E-state index contributed by atoms with van der Waals surface area (Å²) >= 11 is 0. The maximum absolute atomic E-state index is 5.63. The van der Waals surface area contributed by atoms with E-state index < -0.39 is 0 Å². The molecule has 2 rings (SSSR count). The molecular weight excluding hydrogens is 178 g/mol. The van der Waals surface area contributed by atoms with Gasteiger partial charge in [-0.1, -0.05) is 0 Å². The molecule has 2 heterocycles. The molecule has 72 valence electrons. The third kappa shape index (κ3) is 1.44. The SMILES string of the molecule is Cc1nc(C)n(-c2cncc(N)c2)n1. The molecule has 0 aliphatic carbocycles. The number of nitrogens with zero attached hydrogens (tertiary/aromatic N) is 4. The Morgan fingerprint density at radius 2 is 2.07 bits per heavy atom. The van der Waals surface area contributed by atoms with Crippen molar-refractivity contribution in [1.29, 1.82) is 0 Å². The lowest BCUT2D eigenvalue weighted by atomic mass is 10.4. The van der Waals surface area contributed by atoms with Crippen LogP contribution in [0.2, 0.25) is 0 Å². The van der Waals surface area contributed by atoms with E-state index in [-0.39, 0.29) is 0 Å². The van der Waals surface area contributed by atoms with Crippen molar-refractivity contribution in [3.05, 3.63) is 30.1 Å². The fourth-order valence-electron chi connectivity index (χ4n) is 1.33. The number of nitrogen functional groups attached to an aromatic ring is 1. The molecule has 0 spiro atoms. The smallest absolute Gasteiger partial charge is 0.148 e. The lowest BCUT2D eigenvalue weighted by molar-refractivity contribution is 0.827. The van der Waals surface area contributed by atoms with Crippen LogP contribution in [0.4, 0.5) is 5.69 Å². The summed E-state index contributed by atoms with van der Waals surface area (Å²) in [6.07, 6.45) is 3.31. The standard InChI is InChI=1S/C9H11N5/c1-6-12-7(2)14(13-6)9-3-8(10)4-11-5-9/h3-5H,10H2,1-2H3. The summed E-state index contributed by atoms with van der Waals surface area (Å²) in [6.45, 7) is 3.74. The van der Waals surface area contributed by atoms with Gasteiger partial charge in [0, 0.05) is 6.20 Å². The van der Waals surface area contributed by atoms with Gasteiger partial charge in [0.15, 0.2) is 0 Å². The first kappa shape index (κ1) is 8.68. The minimum absolute atomic E-state index is 0.620. The quantitative estimate of drug-likeness (QED) is 0.722. The number of pyridine rings is 1. The van der Waals surface area contributed by atoms with Crippen LogP contribution in [-0.2, 0) is 0 Å². The summed E-state index contributed by atoms with van der Waals surface area (Å²) in [5, 5.41) is 4.23. The van der Waals surface area contributed by atoms with Gasteiger partial charge < -0.3 is 5.73 Å². The van der Waals surface area contributed by atoms with Gasteiger partial charge in [-0.2, -0.15) is 5.10 Å². The fourth-order valence-corrected chi connectivity index (χ4v) is 1.33. The van der Waals surface area contributed by atoms with Gasteiger partial charge in [0.1, 0.15) is 11.6 Å². The molecule has 2 N–H and O–H groups in total. The van der Waals surface area contributed by atoms with E-state index in [1.54, 1.807) is 17.1 Å². The summed E-state index contributed by atoms with van der Waals surface area (Å²) in [5.41, 5.74) is 7.09. The van der Waals surface area contributed by atoms with Crippen molar-refractivity contribution in [1.82, 2.24) is 19.7 Å². The highest BCUT2D eigenvalue weighted by atomic mass is 15.3. The molecule has 14 heavy (non-hydrogen) atoms. The van der Waals surface area contributed by atoms with Crippen LogP contribution in [0.1, 0.15) is 11.6 Å². The first-order valence-electron chi connectivity index (χ1n) is 4.28. The lowest BCUT2D eigenvalue weighted by Crippen LogP contribution is -2.01. The maximum Gasteiger partial charge on any atom is 0.148 e. The van der Waals surface area contributed by atoms with Crippen LogP contribution in [0.5, 0.6) is 0 Å². The topological polar surface area (TPSA) is 69.6 Å². The highest BCUT2D eigenvalue weighted by Crippen LogP contribution is 2.10. The second kappa shape index (κ2) is 3.10. The molecular formula is C9H11N5. The number of anilines is 1. The first-order valence-corrected chi connectivity index (χ1v) is 4.28. The number of hydrogen-bond donors (Lipinski definition) is 1. The Kier molecular flexibility index (Phi) is 1.92. The summed E-state index contributed by atoms with van der Waals surface area (Å²) in [4.78, 5) is 8.20. The summed E-state index contributed by atoms with van der Waals surface area (Å²) in [6, 6.07) is 1.81. The van der Waals surface area contributed by atoms with E-state index in [4.69, 9.17) is 5.73 Å². The molecule has 0 saturated carbocycles. The number of nitrogens with two attached hydrogens (primary N) is 1. The zero-order valence-electron chi connectivity index (χ0n) is 8.10. The Hall–Kier alpha value is -1.91. The number of aromatic nitrogens is 4. The molecule has 5 nitrogen and oxygen atoms in total. The monoisotopic (exact) mass is 189 g/mol. The van der Waals surface area contributed by atoms with E-state index in [0.717, 1.165) is 17.3 Å². The van der Waals surface area contributed by atoms with E-state index >= 15 is 0 Å². The molecule has 0 unspecified atom stereocenters. The van der Waals surface area contributed by atoms with E-state index in [1.807, 2.05) is 19.9 Å². The highest BCUT2D eigenvalue weighted by molar-refractivity contribution is 5.44. The molecule has 0 bridgehead atoms. The Balaban J connectivity index is 2.54. The largest absolute Gasteiger partial charge is 0.397 e. The molecule has 0 aliphatic heterocycles. The predicted molar refractivity (Wildman–Crippen MR) is 53.0 cm³/mol. The molecule has 0 aliphatic rings. The highest BCUT2D eigenvalue weighted by Gasteiger charge is 2.04. The van der Waals surface area contributed by atoms with Crippen LogP contribution < -0.4 is 5.73 Å². The number of rotatable bonds is 1. The Labute approximate surface area is 81.6 Å². The Morgan fingerprint density at radius 3 is 2.64 bits per heavy atom. The van der Waals surface area contributed by atoms with Crippen molar-refractivity contribution >= 4 is 5.69 Å². The van der Waals surface area contributed by atoms with Crippen LogP contribution >= 0.6 is 0 Å². The first-order chi connectivity index (χ1) is 6.66. The molecule has 0 fully saturated rings. The lowest BCUT2D eigenvalue weighted by Gasteiger charge is -2.02. The van der Waals surface area contributed by atoms with Crippen molar-refractivity contribution < 1.29 is 0 Å². The Morgan fingerprint density at radius 1 is 1.29 bits per heavy atom. The van der Waals surface area contributed by atoms with Gasteiger partial charge in [-0.3, -0.25) is 4.98 Å². The maximum atomic E-state index is 5.63. The van der Waals surface area contributed by atoms with Crippen molar-refractivity contribution in [3.8, 4) is 5.69 Å². The molecule has 0 atom stereocenters. The van der Waals surface area contributed by atoms with E-state index in [0.29, 0.717) is 5.69 Å². The minimum atomic E-state index is 0.620. The second-order valence-electron chi connectivity index (χ2n) is 3.09. The van der Waals surface area contributed by atoms with Crippen LogP contribution in [-0.4, -0.2) is 19.7 Å². The summed E-state index contributed by atoms with van der Waals surface area (Å²) < 4.78 is 1.72. The zero-order valence-corrected chi connectivity index (χ0v) is 8.10. The van der Waals surface area contributed by atoms with Crippen LogP contribution in [0.25, 0.3) is 5.69 Å². The molecule has 0 radical (unpaired) electrons. The normalized spacial score (nSPS) is 10.4. The predicted octanol–water partition coefficient (Wildman–Crippen LogP) is 0.861. The van der Waals surface area contributed by atoms with Gasteiger partial charge in [-0.05, 0) is 19.9 Å².